The Hall–Kier alpha value is -3.14. The van der Waals surface area contributed by atoms with Crippen LogP contribution in [0.3, 0.4) is 0 Å². The van der Waals surface area contributed by atoms with Gasteiger partial charge in [-0.15, -0.1) is 0 Å². The number of carbonyl (C=O) groups is 2. The summed E-state index contributed by atoms with van der Waals surface area (Å²) in [5.74, 6) is 0.0240. The first-order chi connectivity index (χ1) is 19.6. The fraction of sp³-hybridized carbons (Fsp3) is 0.562. The Kier molecular flexibility index (Phi) is 10.6. The predicted octanol–water partition coefficient (Wildman–Crippen LogP) is 4.08. The number of ether oxygens (including phenoxy) is 1. The van der Waals surface area contributed by atoms with E-state index in [2.05, 4.69) is 79.3 Å². The number of likely N-dealkylation sites (N-methyl/N-ethyl adjacent to an activating group) is 1. The minimum atomic E-state index is -0.0988. The maximum atomic E-state index is 13.3. The molecule has 41 heavy (non-hydrogen) atoms. The van der Waals surface area contributed by atoms with Gasteiger partial charge in [0.15, 0.2) is 0 Å². The van der Waals surface area contributed by atoms with E-state index in [0.717, 1.165) is 60.7 Å². The third-order valence-electron chi connectivity index (χ3n) is 7.62. The molecule has 4 rings (SSSR count). The minimum absolute atomic E-state index is 0.0240. The average Bonchev–Trinajstić information content (AvgIpc) is 2.95. The first-order valence-electron chi connectivity index (χ1n) is 14.9. The molecule has 2 aliphatic rings. The second-order valence-corrected chi connectivity index (χ2v) is 12.5. The lowest BCUT2D eigenvalue weighted by Crippen LogP contribution is -2.48. The second kappa shape index (κ2) is 14.2. The van der Waals surface area contributed by atoms with E-state index >= 15 is 0 Å². The Bertz CT molecular complexity index is 1170. The summed E-state index contributed by atoms with van der Waals surface area (Å²) >= 11 is 0. The van der Waals surface area contributed by atoms with Gasteiger partial charge in [0.2, 0.25) is 5.91 Å². The van der Waals surface area contributed by atoms with Crippen LogP contribution in [0, 0.1) is 5.41 Å². The van der Waals surface area contributed by atoms with Gasteiger partial charge in [0.1, 0.15) is 0 Å². The number of piperazine rings is 1. The summed E-state index contributed by atoms with van der Waals surface area (Å²) in [5, 5.41) is 3.23. The van der Waals surface area contributed by atoms with E-state index in [0.29, 0.717) is 52.4 Å². The summed E-state index contributed by atoms with van der Waals surface area (Å²) in [5.41, 5.74) is 10.7. The lowest BCUT2D eigenvalue weighted by atomic mass is 9.92. The number of rotatable bonds is 9. The number of morpholine rings is 1. The van der Waals surface area contributed by atoms with Crippen molar-refractivity contribution in [1.29, 1.82) is 0 Å². The Balaban J connectivity index is 1.58. The largest absolute Gasteiger partial charge is 0.378 e. The summed E-state index contributed by atoms with van der Waals surface area (Å²) in [6, 6.07) is 14.7. The van der Waals surface area contributed by atoms with Gasteiger partial charge in [-0.05, 0) is 60.3 Å². The smallest absolute Gasteiger partial charge is 0.320 e. The third kappa shape index (κ3) is 8.92. The van der Waals surface area contributed by atoms with E-state index < -0.39 is 0 Å². The van der Waals surface area contributed by atoms with Gasteiger partial charge < -0.3 is 35.4 Å². The molecular weight excluding hydrogens is 516 g/mol. The van der Waals surface area contributed by atoms with Crippen molar-refractivity contribution in [3.05, 3.63) is 48.0 Å². The van der Waals surface area contributed by atoms with Crippen LogP contribution in [0.1, 0.15) is 39.2 Å². The summed E-state index contributed by atoms with van der Waals surface area (Å²) in [7, 11) is 2.14. The third-order valence-corrected chi connectivity index (χ3v) is 7.62. The number of anilines is 2. The number of benzene rings is 2. The zero-order valence-electron chi connectivity index (χ0n) is 25.3. The molecule has 0 unspecified atom stereocenters. The molecular formula is C32H48N6O3. The van der Waals surface area contributed by atoms with Crippen molar-refractivity contribution in [2.24, 2.45) is 11.1 Å². The normalized spacial score (nSPS) is 16.5. The highest BCUT2D eigenvalue weighted by Crippen LogP contribution is 2.33. The number of carbonyl (C=O) groups excluding carboxylic acids is 2. The number of urea groups is 1. The highest BCUT2D eigenvalue weighted by atomic mass is 16.5. The number of nitrogens with two attached hydrogens (primary N) is 1. The molecule has 0 aromatic heterocycles. The summed E-state index contributed by atoms with van der Waals surface area (Å²) in [4.78, 5) is 34.8. The molecule has 224 valence electrons. The van der Waals surface area contributed by atoms with Crippen molar-refractivity contribution in [1.82, 2.24) is 14.7 Å². The molecule has 2 aromatic carbocycles. The van der Waals surface area contributed by atoms with Crippen LogP contribution in [0.25, 0.3) is 11.1 Å². The van der Waals surface area contributed by atoms with Crippen LogP contribution >= 0.6 is 0 Å². The van der Waals surface area contributed by atoms with Crippen molar-refractivity contribution in [2.75, 3.05) is 82.8 Å². The van der Waals surface area contributed by atoms with E-state index in [-0.39, 0.29) is 17.4 Å². The van der Waals surface area contributed by atoms with Crippen LogP contribution in [-0.2, 0) is 16.1 Å². The minimum Gasteiger partial charge on any atom is -0.378 e. The second-order valence-electron chi connectivity index (χ2n) is 12.5. The quantitative estimate of drug-likeness (QED) is 0.477. The van der Waals surface area contributed by atoms with E-state index in [1.54, 1.807) is 0 Å². The van der Waals surface area contributed by atoms with Gasteiger partial charge in [-0.3, -0.25) is 4.79 Å². The summed E-state index contributed by atoms with van der Waals surface area (Å²) in [6.07, 6.45) is 1.20. The average molecular weight is 565 g/mol. The SMILES string of the molecule is CN1CCN(c2ccc(-c3cccc(CN(CCCN)C(=O)N4CCOCC4)c3)cc2NC(=O)CC(C)(C)C)CC1. The molecule has 0 aliphatic carbocycles. The molecule has 2 saturated heterocycles. The molecule has 9 nitrogen and oxygen atoms in total. The molecule has 0 bridgehead atoms. The zero-order chi connectivity index (χ0) is 29.4. The molecule has 0 saturated carbocycles. The van der Waals surface area contributed by atoms with Crippen molar-refractivity contribution in [2.45, 2.75) is 40.2 Å². The Morgan fingerprint density at radius 3 is 2.37 bits per heavy atom. The van der Waals surface area contributed by atoms with Gasteiger partial charge in [-0.1, -0.05) is 45.0 Å². The molecule has 2 fully saturated rings. The number of hydrogen-bond donors (Lipinski definition) is 2. The Morgan fingerprint density at radius 2 is 1.68 bits per heavy atom. The number of nitrogens with zero attached hydrogens (tertiary/aromatic N) is 4. The first-order valence-corrected chi connectivity index (χ1v) is 14.9. The van der Waals surface area contributed by atoms with E-state index in [4.69, 9.17) is 10.5 Å². The van der Waals surface area contributed by atoms with Crippen molar-refractivity contribution < 1.29 is 14.3 Å². The molecule has 3 N–H and O–H groups in total. The van der Waals surface area contributed by atoms with Gasteiger partial charge in [0.05, 0.1) is 24.6 Å². The summed E-state index contributed by atoms with van der Waals surface area (Å²) in [6.45, 7) is 14.1. The molecule has 9 heteroatoms. The van der Waals surface area contributed by atoms with Crippen LogP contribution < -0.4 is 16.0 Å². The number of nitrogens with one attached hydrogen (secondary N) is 1. The lowest BCUT2D eigenvalue weighted by molar-refractivity contribution is -0.117. The van der Waals surface area contributed by atoms with Crippen molar-refractivity contribution >= 4 is 23.3 Å². The van der Waals surface area contributed by atoms with E-state index in [9.17, 15) is 9.59 Å². The van der Waals surface area contributed by atoms with Gasteiger partial charge in [0, 0.05) is 58.8 Å². The van der Waals surface area contributed by atoms with Crippen molar-refractivity contribution in [3.63, 3.8) is 0 Å². The number of amides is 3. The molecule has 3 amide bonds. The van der Waals surface area contributed by atoms with E-state index in [1.807, 2.05) is 15.9 Å². The van der Waals surface area contributed by atoms with Gasteiger partial charge >= 0.3 is 6.03 Å². The van der Waals surface area contributed by atoms with Crippen LogP contribution in [-0.4, -0.2) is 99.3 Å². The maximum Gasteiger partial charge on any atom is 0.320 e. The first kappa shape index (κ1) is 30.8. The molecule has 0 radical (unpaired) electrons. The standard InChI is InChI=1S/C32H48N6O3/c1-32(2,3)23-30(39)34-28-22-27(9-10-29(28)36-15-13-35(4)14-16-36)26-8-5-7-25(21-26)24-38(12-6-11-33)31(40)37-17-19-41-20-18-37/h5,7-10,21-22H,6,11-20,23-24,33H2,1-4H3,(H,34,39). The summed E-state index contributed by atoms with van der Waals surface area (Å²) < 4.78 is 5.44. The van der Waals surface area contributed by atoms with Crippen LogP contribution in [0.15, 0.2) is 42.5 Å². The fourth-order valence-corrected chi connectivity index (χ4v) is 5.36. The monoisotopic (exact) mass is 564 g/mol. The Morgan fingerprint density at radius 1 is 0.976 bits per heavy atom. The molecule has 0 spiro atoms. The van der Waals surface area contributed by atoms with Gasteiger partial charge in [-0.25, -0.2) is 4.79 Å². The maximum absolute atomic E-state index is 13.3. The predicted molar refractivity (Wildman–Crippen MR) is 166 cm³/mol. The molecule has 2 aromatic rings. The van der Waals surface area contributed by atoms with Gasteiger partial charge in [-0.2, -0.15) is 0 Å². The zero-order valence-corrected chi connectivity index (χ0v) is 25.3. The van der Waals surface area contributed by atoms with Crippen LogP contribution in [0.4, 0.5) is 16.2 Å². The van der Waals surface area contributed by atoms with Crippen molar-refractivity contribution in [3.8, 4) is 11.1 Å². The van der Waals surface area contributed by atoms with Gasteiger partial charge in [0.25, 0.3) is 0 Å². The van der Waals surface area contributed by atoms with Crippen LogP contribution in [0.5, 0.6) is 0 Å². The lowest BCUT2D eigenvalue weighted by Gasteiger charge is -2.35. The Labute approximate surface area is 245 Å². The highest BCUT2D eigenvalue weighted by molar-refractivity contribution is 5.96. The fourth-order valence-electron chi connectivity index (χ4n) is 5.36. The van der Waals surface area contributed by atoms with E-state index in [1.165, 1.54) is 0 Å². The van der Waals surface area contributed by atoms with Crippen LogP contribution in [0.2, 0.25) is 0 Å². The number of hydrogen-bond acceptors (Lipinski definition) is 6. The highest BCUT2D eigenvalue weighted by Gasteiger charge is 2.24. The molecule has 0 atom stereocenters. The topological polar surface area (TPSA) is 94.4 Å². The molecule has 2 aliphatic heterocycles. The molecule has 2 heterocycles.